The highest BCUT2D eigenvalue weighted by Crippen LogP contribution is 2.40. The Morgan fingerprint density at radius 3 is 2.69 bits per heavy atom. The number of carbonyl (C=O) groups excluding carboxylic acids is 1. The van der Waals surface area contributed by atoms with Crippen molar-refractivity contribution in [3.05, 3.63) is 48.3 Å². The van der Waals surface area contributed by atoms with Crippen LogP contribution in [0.2, 0.25) is 0 Å². The van der Waals surface area contributed by atoms with Crippen LogP contribution in [0.15, 0.2) is 42.7 Å². The number of aliphatic hydroxyl groups is 1. The number of carbonyl (C=O) groups is 1. The van der Waals surface area contributed by atoms with E-state index in [0.717, 1.165) is 38.1 Å². The fourth-order valence-corrected chi connectivity index (χ4v) is 4.79. The lowest BCUT2D eigenvalue weighted by Gasteiger charge is -2.35. The van der Waals surface area contributed by atoms with Crippen LogP contribution in [0.4, 0.5) is 0 Å². The first-order valence-electron chi connectivity index (χ1n) is 10.4. The normalized spacial score (nSPS) is 26.8. The van der Waals surface area contributed by atoms with Crippen LogP contribution in [-0.2, 0) is 11.2 Å². The van der Waals surface area contributed by atoms with Crippen molar-refractivity contribution in [2.24, 2.45) is 11.8 Å². The number of hydrogen-bond acceptors (Lipinski definition) is 5. The van der Waals surface area contributed by atoms with Gasteiger partial charge < -0.3 is 15.2 Å². The van der Waals surface area contributed by atoms with Crippen LogP contribution in [0.1, 0.15) is 24.4 Å². The predicted octanol–water partition coefficient (Wildman–Crippen LogP) is 1.49. The minimum absolute atomic E-state index is 0.0459. The molecule has 7 heteroatoms. The van der Waals surface area contributed by atoms with Gasteiger partial charge in [0, 0.05) is 32.0 Å². The van der Waals surface area contributed by atoms with E-state index >= 15 is 0 Å². The van der Waals surface area contributed by atoms with Gasteiger partial charge in [0.25, 0.3) is 0 Å². The molecule has 1 aromatic heterocycles. The Labute approximate surface area is 171 Å². The molecule has 1 saturated carbocycles. The number of benzene rings is 1. The van der Waals surface area contributed by atoms with Gasteiger partial charge in [-0.05, 0) is 54.9 Å². The van der Waals surface area contributed by atoms with Crippen LogP contribution in [0, 0.1) is 11.8 Å². The standard InChI is InChI=1S/C22H30N4O3/c1-29-19-5-3-16(4-6-19)7-9-23-22(28)15-25-13-17-11-20(26-10-2-8-24-26)21(27)12-18(17)14-25/h2-6,8,10,17-18,20-21,27H,7,9,11-15H2,1H3,(H,23,28)/t17-,18+,20-,21-/m1/s1. The van der Waals surface area contributed by atoms with Crippen LogP contribution >= 0.6 is 0 Å². The van der Waals surface area contributed by atoms with Gasteiger partial charge in [-0.15, -0.1) is 0 Å². The first-order chi connectivity index (χ1) is 14.1. The average molecular weight is 399 g/mol. The molecular formula is C22H30N4O3. The minimum atomic E-state index is -0.366. The minimum Gasteiger partial charge on any atom is -0.497 e. The molecule has 0 spiro atoms. The maximum absolute atomic E-state index is 12.4. The SMILES string of the molecule is COc1ccc(CCNC(=O)CN2C[C@H]3C[C@@H](n4cccn4)[C@H](O)C[C@H]3C2)cc1. The molecule has 1 aliphatic carbocycles. The van der Waals surface area contributed by atoms with Crippen molar-refractivity contribution in [1.29, 1.82) is 0 Å². The van der Waals surface area contributed by atoms with Crippen LogP contribution in [0.25, 0.3) is 0 Å². The highest BCUT2D eigenvalue weighted by Gasteiger charge is 2.42. The highest BCUT2D eigenvalue weighted by molar-refractivity contribution is 5.78. The first-order valence-corrected chi connectivity index (χ1v) is 10.4. The number of likely N-dealkylation sites (tertiary alicyclic amines) is 1. The van der Waals surface area contributed by atoms with Gasteiger partial charge in [0.2, 0.25) is 5.91 Å². The Balaban J connectivity index is 1.22. The van der Waals surface area contributed by atoms with E-state index < -0.39 is 0 Å². The van der Waals surface area contributed by atoms with Crippen LogP contribution in [0.3, 0.4) is 0 Å². The largest absolute Gasteiger partial charge is 0.497 e. The summed E-state index contributed by atoms with van der Waals surface area (Å²) >= 11 is 0. The van der Waals surface area contributed by atoms with Crippen molar-refractivity contribution in [3.63, 3.8) is 0 Å². The number of fused-ring (bicyclic) bond motifs is 1. The van der Waals surface area contributed by atoms with Gasteiger partial charge in [-0.2, -0.15) is 5.10 Å². The third-order valence-corrected chi connectivity index (χ3v) is 6.31. The summed E-state index contributed by atoms with van der Waals surface area (Å²) in [5.74, 6) is 1.89. The molecule has 2 fully saturated rings. The van der Waals surface area contributed by atoms with Gasteiger partial charge in [0.15, 0.2) is 0 Å². The molecule has 0 unspecified atom stereocenters. The maximum Gasteiger partial charge on any atom is 0.234 e. The third kappa shape index (κ3) is 4.79. The second-order valence-corrected chi connectivity index (χ2v) is 8.25. The van der Waals surface area contributed by atoms with Gasteiger partial charge in [-0.3, -0.25) is 14.4 Å². The molecule has 4 rings (SSSR count). The number of nitrogens with one attached hydrogen (secondary N) is 1. The van der Waals surface area contributed by atoms with Gasteiger partial charge in [-0.1, -0.05) is 12.1 Å². The van der Waals surface area contributed by atoms with Gasteiger partial charge in [-0.25, -0.2) is 0 Å². The van der Waals surface area contributed by atoms with E-state index in [1.807, 2.05) is 41.2 Å². The third-order valence-electron chi connectivity index (χ3n) is 6.31. The molecule has 2 heterocycles. The van der Waals surface area contributed by atoms with Crippen molar-refractivity contribution >= 4 is 5.91 Å². The molecule has 29 heavy (non-hydrogen) atoms. The second kappa shape index (κ2) is 8.97. The zero-order valence-corrected chi connectivity index (χ0v) is 16.9. The zero-order chi connectivity index (χ0) is 20.2. The summed E-state index contributed by atoms with van der Waals surface area (Å²) in [7, 11) is 1.65. The number of aliphatic hydroxyl groups excluding tert-OH is 1. The van der Waals surface area contributed by atoms with Crippen LogP contribution in [0.5, 0.6) is 5.75 Å². The Kier molecular flexibility index (Phi) is 6.16. The molecule has 0 radical (unpaired) electrons. The summed E-state index contributed by atoms with van der Waals surface area (Å²) in [6.07, 6.45) is 5.83. The van der Waals surface area contributed by atoms with E-state index in [0.29, 0.717) is 24.9 Å². The monoisotopic (exact) mass is 398 g/mol. The van der Waals surface area contributed by atoms with Crippen molar-refractivity contribution in [2.45, 2.75) is 31.4 Å². The summed E-state index contributed by atoms with van der Waals surface area (Å²) in [5, 5.41) is 17.9. The number of methoxy groups -OCH3 is 1. The Bertz CT molecular complexity index is 793. The number of hydrogen-bond donors (Lipinski definition) is 2. The smallest absolute Gasteiger partial charge is 0.234 e. The molecule has 7 nitrogen and oxygen atoms in total. The molecule has 2 aromatic rings. The van der Waals surface area contributed by atoms with Crippen LogP contribution in [-0.4, -0.2) is 65.1 Å². The summed E-state index contributed by atoms with van der Waals surface area (Å²) in [6, 6.07) is 9.87. The average Bonchev–Trinajstić information content (AvgIpc) is 3.37. The molecule has 156 valence electrons. The molecule has 4 atom stereocenters. The number of amides is 1. The summed E-state index contributed by atoms with van der Waals surface area (Å²) in [6.45, 7) is 2.87. The van der Waals surface area contributed by atoms with E-state index in [1.54, 1.807) is 13.3 Å². The van der Waals surface area contributed by atoms with Crippen molar-refractivity contribution in [2.75, 3.05) is 33.3 Å². The molecule has 0 bridgehead atoms. The fraction of sp³-hybridized carbons (Fsp3) is 0.545. The van der Waals surface area contributed by atoms with Gasteiger partial charge in [0.1, 0.15) is 5.75 Å². The highest BCUT2D eigenvalue weighted by atomic mass is 16.5. The molecule has 1 aliphatic heterocycles. The number of aromatic nitrogens is 2. The number of nitrogens with zero attached hydrogens (tertiary/aromatic N) is 3. The predicted molar refractivity (Wildman–Crippen MR) is 110 cm³/mol. The quantitative estimate of drug-likeness (QED) is 0.739. The van der Waals surface area contributed by atoms with Crippen molar-refractivity contribution in [3.8, 4) is 5.75 Å². The first kappa shape index (κ1) is 19.9. The Morgan fingerprint density at radius 1 is 1.24 bits per heavy atom. The van der Waals surface area contributed by atoms with Gasteiger partial charge >= 0.3 is 0 Å². The molecular weight excluding hydrogens is 368 g/mol. The van der Waals surface area contributed by atoms with Crippen molar-refractivity contribution < 1.29 is 14.6 Å². The summed E-state index contributed by atoms with van der Waals surface area (Å²) < 4.78 is 7.05. The fourth-order valence-electron chi connectivity index (χ4n) is 4.79. The lowest BCUT2D eigenvalue weighted by molar-refractivity contribution is -0.122. The topological polar surface area (TPSA) is 79.6 Å². The molecule has 2 N–H and O–H groups in total. The maximum atomic E-state index is 12.4. The van der Waals surface area contributed by atoms with E-state index in [-0.39, 0.29) is 18.1 Å². The summed E-state index contributed by atoms with van der Waals surface area (Å²) in [5.41, 5.74) is 1.18. The van der Waals surface area contributed by atoms with Crippen molar-refractivity contribution in [1.82, 2.24) is 20.0 Å². The molecule has 1 aromatic carbocycles. The van der Waals surface area contributed by atoms with Gasteiger partial charge in [0.05, 0.1) is 25.8 Å². The lowest BCUT2D eigenvalue weighted by atomic mass is 9.77. The van der Waals surface area contributed by atoms with E-state index in [1.165, 1.54) is 5.56 Å². The number of ether oxygens (including phenoxy) is 1. The molecule has 1 amide bonds. The summed E-state index contributed by atoms with van der Waals surface area (Å²) in [4.78, 5) is 14.6. The van der Waals surface area contributed by atoms with E-state index in [2.05, 4.69) is 15.3 Å². The Hall–Kier alpha value is -2.38. The molecule has 1 saturated heterocycles. The number of rotatable bonds is 7. The van der Waals surface area contributed by atoms with Crippen LogP contribution < -0.4 is 10.1 Å². The van der Waals surface area contributed by atoms with E-state index in [9.17, 15) is 9.90 Å². The van der Waals surface area contributed by atoms with E-state index in [4.69, 9.17) is 4.74 Å². The molecule has 2 aliphatic rings. The Morgan fingerprint density at radius 2 is 2.00 bits per heavy atom. The zero-order valence-electron chi connectivity index (χ0n) is 16.9. The lowest BCUT2D eigenvalue weighted by Crippen LogP contribution is -2.37. The second-order valence-electron chi connectivity index (χ2n) is 8.25.